The second-order valence-electron chi connectivity index (χ2n) is 5.65. The lowest BCUT2D eigenvalue weighted by atomic mass is 10.1. The molecule has 0 bridgehead atoms. The molecule has 7 heteroatoms. The summed E-state index contributed by atoms with van der Waals surface area (Å²) in [5, 5.41) is 15.8. The highest BCUT2D eigenvalue weighted by molar-refractivity contribution is 5.93. The van der Waals surface area contributed by atoms with Crippen molar-refractivity contribution in [3.05, 3.63) is 34.4 Å². The van der Waals surface area contributed by atoms with Gasteiger partial charge in [-0.1, -0.05) is 0 Å². The average molecular weight is 293 g/mol. The number of hydrogen-bond acceptors (Lipinski definition) is 4. The maximum absolute atomic E-state index is 11.7. The molecule has 0 heterocycles. The Labute approximate surface area is 122 Å². The van der Waals surface area contributed by atoms with Crippen LogP contribution in [0.4, 0.5) is 11.4 Å². The van der Waals surface area contributed by atoms with Crippen LogP contribution >= 0.6 is 0 Å². The van der Waals surface area contributed by atoms with Gasteiger partial charge in [-0.05, 0) is 32.9 Å². The number of benzene rings is 1. The summed E-state index contributed by atoms with van der Waals surface area (Å²) in [4.78, 5) is 33.2. The Morgan fingerprint density at radius 2 is 1.62 bits per heavy atom. The molecule has 0 aliphatic rings. The zero-order valence-electron chi connectivity index (χ0n) is 12.3. The second kappa shape index (κ2) is 6.83. The van der Waals surface area contributed by atoms with Crippen molar-refractivity contribution >= 4 is 23.2 Å². The number of nitro benzene ring substituents is 1. The number of hydrogen-bond donors (Lipinski definition) is 2. The Morgan fingerprint density at radius 3 is 2.10 bits per heavy atom. The zero-order valence-corrected chi connectivity index (χ0v) is 12.3. The number of nitrogens with zero attached hydrogens (tertiary/aromatic N) is 1. The molecule has 7 nitrogen and oxygen atoms in total. The maximum Gasteiger partial charge on any atom is 0.269 e. The molecule has 0 atom stereocenters. The van der Waals surface area contributed by atoms with Gasteiger partial charge in [-0.15, -0.1) is 0 Å². The third kappa shape index (κ3) is 6.51. The van der Waals surface area contributed by atoms with Gasteiger partial charge in [0.2, 0.25) is 11.8 Å². The van der Waals surface area contributed by atoms with Crippen molar-refractivity contribution in [1.29, 1.82) is 0 Å². The Kier molecular flexibility index (Phi) is 5.40. The lowest BCUT2D eigenvalue weighted by Crippen LogP contribution is -2.40. The number of nitrogens with one attached hydrogen (secondary N) is 2. The van der Waals surface area contributed by atoms with E-state index in [1.807, 2.05) is 20.8 Å². The molecule has 0 aliphatic carbocycles. The molecule has 0 aliphatic heterocycles. The highest BCUT2D eigenvalue weighted by atomic mass is 16.6. The molecule has 21 heavy (non-hydrogen) atoms. The van der Waals surface area contributed by atoms with E-state index in [0.717, 1.165) is 0 Å². The molecule has 2 amide bonds. The first kappa shape index (κ1) is 16.6. The Balaban J connectivity index is 2.43. The Hall–Kier alpha value is -2.44. The van der Waals surface area contributed by atoms with Gasteiger partial charge in [0.1, 0.15) is 0 Å². The van der Waals surface area contributed by atoms with E-state index in [9.17, 15) is 19.7 Å². The first-order valence-corrected chi connectivity index (χ1v) is 6.53. The first-order chi connectivity index (χ1) is 9.67. The third-order valence-corrected chi connectivity index (χ3v) is 2.46. The molecule has 1 aromatic rings. The lowest BCUT2D eigenvalue weighted by Gasteiger charge is -2.20. The van der Waals surface area contributed by atoms with Crippen LogP contribution in [0.25, 0.3) is 0 Å². The molecule has 1 aromatic carbocycles. The number of carbonyl (C=O) groups excluding carboxylic acids is 2. The summed E-state index contributed by atoms with van der Waals surface area (Å²) >= 11 is 0. The van der Waals surface area contributed by atoms with Crippen molar-refractivity contribution in [3.8, 4) is 0 Å². The van der Waals surface area contributed by atoms with Crippen LogP contribution in [-0.2, 0) is 9.59 Å². The average Bonchev–Trinajstić information content (AvgIpc) is 2.35. The Bertz CT molecular complexity index is 532. The van der Waals surface area contributed by atoms with Crippen LogP contribution in [0.3, 0.4) is 0 Å². The smallest absolute Gasteiger partial charge is 0.269 e. The van der Waals surface area contributed by atoms with Gasteiger partial charge < -0.3 is 10.6 Å². The van der Waals surface area contributed by atoms with Crippen LogP contribution in [-0.4, -0.2) is 22.3 Å². The quantitative estimate of drug-likeness (QED) is 0.642. The summed E-state index contributed by atoms with van der Waals surface area (Å²) in [6.45, 7) is 5.59. The molecule has 0 fully saturated rings. The molecule has 0 aromatic heterocycles. The molecule has 1 rings (SSSR count). The molecule has 0 radical (unpaired) electrons. The summed E-state index contributed by atoms with van der Waals surface area (Å²) in [5.41, 5.74) is 0.0886. The number of nitro groups is 1. The van der Waals surface area contributed by atoms with Gasteiger partial charge in [-0.2, -0.15) is 0 Å². The van der Waals surface area contributed by atoms with E-state index in [1.54, 1.807) is 0 Å². The van der Waals surface area contributed by atoms with Gasteiger partial charge in [0.15, 0.2) is 0 Å². The predicted octanol–water partition coefficient (Wildman–Crippen LogP) is 2.23. The van der Waals surface area contributed by atoms with E-state index in [4.69, 9.17) is 0 Å². The van der Waals surface area contributed by atoms with Crippen molar-refractivity contribution in [3.63, 3.8) is 0 Å². The van der Waals surface area contributed by atoms with E-state index >= 15 is 0 Å². The van der Waals surface area contributed by atoms with Crippen LogP contribution in [0.15, 0.2) is 24.3 Å². The van der Waals surface area contributed by atoms with Crippen molar-refractivity contribution in [2.24, 2.45) is 0 Å². The second-order valence-corrected chi connectivity index (χ2v) is 5.65. The molecular formula is C14H19N3O4. The minimum absolute atomic E-state index is 0.0439. The summed E-state index contributed by atoms with van der Waals surface area (Å²) < 4.78 is 0. The van der Waals surface area contributed by atoms with Crippen molar-refractivity contribution in [2.75, 3.05) is 5.32 Å². The minimum atomic E-state index is -0.511. The van der Waals surface area contributed by atoms with Gasteiger partial charge in [-0.3, -0.25) is 19.7 Å². The van der Waals surface area contributed by atoms with Crippen LogP contribution in [0.1, 0.15) is 33.6 Å². The summed E-state index contributed by atoms with van der Waals surface area (Å²) in [6, 6.07) is 5.51. The predicted molar refractivity (Wildman–Crippen MR) is 78.9 cm³/mol. The van der Waals surface area contributed by atoms with Crippen molar-refractivity contribution < 1.29 is 14.5 Å². The zero-order chi connectivity index (χ0) is 16.0. The van der Waals surface area contributed by atoms with E-state index in [0.29, 0.717) is 5.69 Å². The van der Waals surface area contributed by atoms with E-state index in [-0.39, 0.29) is 35.9 Å². The maximum atomic E-state index is 11.7. The fraction of sp³-hybridized carbons (Fsp3) is 0.429. The third-order valence-electron chi connectivity index (χ3n) is 2.46. The summed E-state index contributed by atoms with van der Waals surface area (Å²) in [7, 11) is 0. The van der Waals surface area contributed by atoms with Crippen LogP contribution in [0.2, 0.25) is 0 Å². The van der Waals surface area contributed by atoms with Gasteiger partial charge >= 0.3 is 0 Å². The van der Waals surface area contributed by atoms with Gasteiger partial charge in [0.05, 0.1) is 4.92 Å². The number of amides is 2. The van der Waals surface area contributed by atoms with E-state index in [1.165, 1.54) is 24.3 Å². The monoisotopic (exact) mass is 293 g/mol. The molecule has 0 unspecified atom stereocenters. The lowest BCUT2D eigenvalue weighted by molar-refractivity contribution is -0.384. The van der Waals surface area contributed by atoms with Crippen LogP contribution in [0.5, 0.6) is 0 Å². The number of rotatable bonds is 5. The fourth-order valence-corrected chi connectivity index (χ4v) is 1.60. The SMILES string of the molecule is CC(C)(C)NC(=O)CCC(=O)Nc1ccc([N+](=O)[O-])cc1. The number of anilines is 1. The fourth-order valence-electron chi connectivity index (χ4n) is 1.60. The number of carbonyl (C=O) groups is 2. The van der Waals surface area contributed by atoms with Gasteiger partial charge in [-0.25, -0.2) is 0 Å². The molecule has 0 saturated heterocycles. The largest absolute Gasteiger partial charge is 0.351 e. The molecular weight excluding hydrogens is 274 g/mol. The summed E-state index contributed by atoms with van der Waals surface area (Å²) in [5.74, 6) is -0.505. The van der Waals surface area contributed by atoms with Crippen molar-refractivity contribution in [2.45, 2.75) is 39.2 Å². The summed E-state index contributed by atoms with van der Waals surface area (Å²) in [6.07, 6.45) is 0.148. The van der Waals surface area contributed by atoms with Crippen molar-refractivity contribution in [1.82, 2.24) is 5.32 Å². The molecule has 114 valence electrons. The Morgan fingerprint density at radius 1 is 1.10 bits per heavy atom. The molecule has 2 N–H and O–H groups in total. The normalized spacial score (nSPS) is 10.8. The topological polar surface area (TPSA) is 101 Å². The van der Waals surface area contributed by atoms with E-state index in [2.05, 4.69) is 10.6 Å². The first-order valence-electron chi connectivity index (χ1n) is 6.53. The van der Waals surface area contributed by atoms with Gasteiger partial charge in [0, 0.05) is 36.2 Å². The minimum Gasteiger partial charge on any atom is -0.351 e. The standard InChI is InChI=1S/C14H19N3O4/c1-14(2,3)16-13(19)9-8-12(18)15-10-4-6-11(7-5-10)17(20)21/h4-7H,8-9H2,1-3H3,(H,15,18)(H,16,19). The van der Waals surface area contributed by atoms with Gasteiger partial charge in [0.25, 0.3) is 5.69 Å². The number of non-ortho nitro benzene ring substituents is 1. The molecule has 0 spiro atoms. The van der Waals surface area contributed by atoms with E-state index < -0.39 is 4.92 Å². The molecule has 0 saturated carbocycles. The van der Waals surface area contributed by atoms with Crippen LogP contribution < -0.4 is 10.6 Å². The highest BCUT2D eigenvalue weighted by Gasteiger charge is 2.14. The van der Waals surface area contributed by atoms with Crippen LogP contribution in [0, 0.1) is 10.1 Å². The highest BCUT2D eigenvalue weighted by Crippen LogP contribution is 2.15.